The van der Waals surface area contributed by atoms with Gasteiger partial charge in [0.25, 0.3) is 0 Å². The summed E-state index contributed by atoms with van der Waals surface area (Å²) < 4.78 is 60.0. The number of aromatic hydroxyl groups is 1. The van der Waals surface area contributed by atoms with Crippen molar-refractivity contribution in [2.45, 2.75) is 50.4 Å². The third-order valence-corrected chi connectivity index (χ3v) is 10.1. The molecule has 0 unspecified atom stereocenters. The van der Waals surface area contributed by atoms with Crippen LogP contribution in [0.4, 0.5) is 24.8 Å². The molecule has 2 saturated heterocycles. The van der Waals surface area contributed by atoms with Crippen LogP contribution in [0.15, 0.2) is 30.5 Å². The van der Waals surface area contributed by atoms with E-state index in [0.29, 0.717) is 42.7 Å². The summed E-state index contributed by atoms with van der Waals surface area (Å²) in [6.07, 6.45) is 9.84. The predicted molar refractivity (Wildman–Crippen MR) is 178 cm³/mol. The zero-order chi connectivity index (χ0) is 34.0. The molecule has 0 spiro atoms. The van der Waals surface area contributed by atoms with Gasteiger partial charge in [0.2, 0.25) is 0 Å². The summed E-state index contributed by atoms with van der Waals surface area (Å²) in [6.45, 7) is 2.18. The van der Waals surface area contributed by atoms with E-state index in [4.69, 9.17) is 26.0 Å². The Labute approximate surface area is 280 Å². The molecule has 10 nitrogen and oxygen atoms in total. The first-order valence-electron chi connectivity index (χ1n) is 16.3. The molecule has 2 fully saturated rings. The summed E-state index contributed by atoms with van der Waals surface area (Å²) in [5.74, 6) is 1.89. The van der Waals surface area contributed by atoms with Crippen LogP contribution in [0, 0.1) is 24.0 Å². The number of terminal acetylenes is 1. The number of phenolic OH excluding ortho intramolecular Hbond substituents is 1. The second kappa shape index (κ2) is 11.9. The topological polar surface area (TPSA) is 102 Å². The Morgan fingerprint density at radius 2 is 2.02 bits per heavy atom. The molecule has 8 rings (SSSR count). The monoisotopic (exact) mass is 669 g/mol. The quantitative estimate of drug-likeness (QED) is 0.218. The first-order valence-corrected chi connectivity index (χ1v) is 16.3. The Bertz CT molecular complexity index is 2180. The fraction of sp³-hybridized carbons (Fsp3) is 0.389. The Balaban J connectivity index is 1.32. The van der Waals surface area contributed by atoms with E-state index in [9.17, 15) is 13.9 Å². The molecule has 6 heterocycles. The molecule has 49 heavy (non-hydrogen) atoms. The molecule has 252 valence electrons. The summed E-state index contributed by atoms with van der Waals surface area (Å²) in [6, 6.07) is 5.35. The van der Waals surface area contributed by atoms with Crippen LogP contribution < -0.4 is 9.64 Å². The fourth-order valence-electron chi connectivity index (χ4n) is 8.07. The van der Waals surface area contributed by atoms with Gasteiger partial charge in [-0.15, -0.1) is 6.42 Å². The van der Waals surface area contributed by atoms with Crippen LogP contribution in [0.5, 0.6) is 11.8 Å². The number of aryl methyl sites for hydroxylation is 1. The van der Waals surface area contributed by atoms with E-state index in [2.05, 4.69) is 20.8 Å². The molecule has 0 radical (unpaired) electrons. The zero-order valence-electron chi connectivity index (χ0n) is 27.1. The Morgan fingerprint density at radius 3 is 2.84 bits per heavy atom. The molecule has 2 atom stereocenters. The first-order chi connectivity index (χ1) is 23.7. The Kier molecular flexibility index (Phi) is 7.61. The standard InChI is InChI=1S/C36H34F3N7O3/c1-4-23-27(38)9-8-20-13-22(47)14-25(29(20)23)31-30(39)32-26(16-40-31)33(46-12-5-7-24-28(18-48-3)43-44(2)34(24)46)42-35(41-32)49-19-36-10-6-11-45(36)17-21(37)15-36/h1,8-9,13-14,16,21,47H,5-7,10-12,15,17-19H2,2-3H3/t21-,36+/m1/s1. The summed E-state index contributed by atoms with van der Waals surface area (Å²) >= 11 is 0. The highest BCUT2D eigenvalue weighted by molar-refractivity contribution is 6.03. The van der Waals surface area contributed by atoms with E-state index in [1.54, 1.807) is 11.8 Å². The van der Waals surface area contributed by atoms with Gasteiger partial charge in [-0.2, -0.15) is 15.1 Å². The number of alkyl halides is 1. The molecule has 13 heteroatoms. The molecule has 0 bridgehead atoms. The van der Waals surface area contributed by atoms with Crippen LogP contribution in [0.1, 0.15) is 42.5 Å². The maximum absolute atomic E-state index is 17.0. The molecule has 0 amide bonds. The van der Waals surface area contributed by atoms with Crippen LogP contribution in [0.3, 0.4) is 0 Å². The maximum atomic E-state index is 17.0. The molecule has 0 aliphatic carbocycles. The third kappa shape index (κ3) is 5.04. The van der Waals surface area contributed by atoms with E-state index < -0.39 is 23.3 Å². The normalized spacial score (nSPS) is 20.6. The van der Waals surface area contributed by atoms with Gasteiger partial charge >= 0.3 is 6.01 Å². The van der Waals surface area contributed by atoms with Crippen LogP contribution in [0.25, 0.3) is 32.9 Å². The minimum Gasteiger partial charge on any atom is -0.508 e. The largest absolute Gasteiger partial charge is 0.508 e. The van der Waals surface area contributed by atoms with Crippen molar-refractivity contribution in [3.05, 3.63) is 58.9 Å². The van der Waals surface area contributed by atoms with Crippen molar-refractivity contribution in [3.63, 3.8) is 0 Å². The highest BCUT2D eigenvalue weighted by Gasteiger charge is 2.49. The van der Waals surface area contributed by atoms with Gasteiger partial charge in [0.15, 0.2) is 11.6 Å². The average molecular weight is 670 g/mol. The summed E-state index contributed by atoms with van der Waals surface area (Å²) in [4.78, 5) is 18.0. The molecule has 0 saturated carbocycles. The number of halogens is 3. The van der Waals surface area contributed by atoms with Gasteiger partial charge in [-0.1, -0.05) is 12.0 Å². The number of hydrogen-bond donors (Lipinski definition) is 1. The summed E-state index contributed by atoms with van der Waals surface area (Å²) in [5, 5.41) is 16.3. The lowest BCUT2D eigenvalue weighted by atomic mass is 9.95. The second-order valence-electron chi connectivity index (χ2n) is 13.1. The van der Waals surface area contributed by atoms with Crippen molar-refractivity contribution >= 4 is 33.3 Å². The Hall–Kier alpha value is -4.93. The van der Waals surface area contributed by atoms with Gasteiger partial charge in [-0.05, 0) is 55.8 Å². The minimum atomic E-state index is -0.948. The first kappa shape index (κ1) is 31.3. The number of nitrogens with zero attached hydrogens (tertiary/aromatic N) is 7. The van der Waals surface area contributed by atoms with Gasteiger partial charge in [-0.3, -0.25) is 14.6 Å². The van der Waals surface area contributed by atoms with Crippen LogP contribution in [-0.4, -0.2) is 79.8 Å². The summed E-state index contributed by atoms with van der Waals surface area (Å²) in [7, 11) is 3.46. The van der Waals surface area contributed by atoms with Crippen molar-refractivity contribution < 1.29 is 27.8 Å². The highest BCUT2D eigenvalue weighted by atomic mass is 19.1. The van der Waals surface area contributed by atoms with Gasteiger partial charge in [0.1, 0.15) is 41.4 Å². The number of benzene rings is 2. The van der Waals surface area contributed by atoms with Gasteiger partial charge in [0.05, 0.1) is 28.8 Å². The number of phenols is 1. The number of rotatable bonds is 7. The lowest BCUT2D eigenvalue weighted by Gasteiger charge is -2.32. The number of pyridine rings is 1. The number of ether oxygens (including phenoxy) is 2. The predicted octanol–water partition coefficient (Wildman–Crippen LogP) is 5.73. The van der Waals surface area contributed by atoms with Crippen LogP contribution in [0.2, 0.25) is 0 Å². The molecule has 3 aromatic heterocycles. The van der Waals surface area contributed by atoms with E-state index in [-0.39, 0.29) is 46.1 Å². The number of aromatic nitrogens is 5. The van der Waals surface area contributed by atoms with E-state index in [1.165, 1.54) is 30.5 Å². The van der Waals surface area contributed by atoms with Gasteiger partial charge in [-0.25, -0.2) is 13.2 Å². The lowest BCUT2D eigenvalue weighted by molar-refractivity contribution is 0.107. The lowest BCUT2D eigenvalue weighted by Crippen LogP contribution is -2.43. The Morgan fingerprint density at radius 1 is 1.16 bits per heavy atom. The molecule has 1 N–H and O–H groups in total. The molecule has 3 aliphatic rings. The molecular weight excluding hydrogens is 635 g/mol. The second-order valence-corrected chi connectivity index (χ2v) is 13.1. The number of methoxy groups -OCH3 is 1. The van der Waals surface area contributed by atoms with Crippen LogP contribution >= 0.6 is 0 Å². The third-order valence-electron chi connectivity index (χ3n) is 10.1. The minimum absolute atomic E-state index is 0.0652. The highest BCUT2D eigenvalue weighted by Crippen LogP contribution is 2.43. The van der Waals surface area contributed by atoms with Crippen molar-refractivity contribution in [1.82, 2.24) is 29.6 Å². The average Bonchev–Trinajstić information content (AvgIpc) is 3.73. The molecule has 3 aliphatic heterocycles. The van der Waals surface area contributed by atoms with Crippen LogP contribution in [-0.2, 0) is 24.8 Å². The molecule has 2 aromatic carbocycles. The smallest absolute Gasteiger partial charge is 0.319 e. The number of fused-ring (bicyclic) bond motifs is 4. The molecular formula is C36H34F3N7O3. The van der Waals surface area contributed by atoms with E-state index >= 15 is 4.39 Å². The summed E-state index contributed by atoms with van der Waals surface area (Å²) in [5.41, 5.74) is 1.11. The van der Waals surface area contributed by atoms with Crippen molar-refractivity contribution in [1.29, 1.82) is 0 Å². The fourth-order valence-corrected chi connectivity index (χ4v) is 8.07. The van der Waals surface area contributed by atoms with Crippen molar-refractivity contribution in [2.75, 3.05) is 38.3 Å². The number of hydrogen-bond acceptors (Lipinski definition) is 9. The SMILES string of the molecule is C#Cc1c(F)ccc2cc(O)cc(-c3ncc4c(N5CCCc6c(COC)nn(C)c65)nc(OC[C@@]56CCCN5C[C@H](F)C6)nc4c3F)c12. The zero-order valence-corrected chi connectivity index (χ0v) is 27.1. The van der Waals surface area contributed by atoms with E-state index in [1.807, 2.05) is 11.9 Å². The van der Waals surface area contributed by atoms with Crippen molar-refractivity contribution in [3.8, 4) is 35.4 Å². The van der Waals surface area contributed by atoms with Crippen molar-refractivity contribution in [2.24, 2.45) is 7.05 Å². The van der Waals surface area contributed by atoms with Gasteiger partial charge in [0, 0.05) is 56.4 Å². The van der Waals surface area contributed by atoms with E-state index in [0.717, 1.165) is 49.3 Å². The maximum Gasteiger partial charge on any atom is 0.319 e. The van der Waals surface area contributed by atoms with Gasteiger partial charge < -0.3 is 19.5 Å². The number of anilines is 2. The molecule has 5 aromatic rings.